The average Bonchev–Trinajstić information content (AvgIpc) is 2.76. The largest absolute Gasteiger partial charge is 0.321 e. The first kappa shape index (κ1) is 20.9. The highest BCUT2D eigenvalue weighted by Gasteiger charge is 2.16. The highest BCUT2D eigenvalue weighted by molar-refractivity contribution is 6.02. The standard InChI is InChI=1S/C24H25FN4O2/c1-17-3-2-14-28(15-17)16-18-4-8-20(9-5-18)26-24(31)22-12-13-23(30)29(27-22)21-10-6-19(25)7-11-21/h4-13,17H,2-3,14-16H2,1H3,(H,26,31). The minimum Gasteiger partial charge on any atom is -0.321 e. The van der Waals surface area contributed by atoms with Gasteiger partial charge in [0.1, 0.15) is 11.5 Å². The summed E-state index contributed by atoms with van der Waals surface area (Å²) < 4.78 is 14.2. The summed E-state index contributed by atoms with van der Waals surface area (Å²) in [5.74, 6) is -0.101. The van der Waals surface area contributed by atoms with E-state index < -0.39 is 17.3 Å². The van der Waals surface area contributed by atoms with Crippen LogP contribution in [0.4, 0.5) is 10.1 Å². The summed E-state index contributed by atoms with van der Waals surface area (Å²) >= 11 is 0. The van der Waals surface area contributed by atoms with Crippen molar-refractivity contribution >= 4 is 11.6 Å². The normalized spacial score (nSPS) is 16.8. The van der Waals surface area contributed by atoms with Gasteiger partial charge in [0, 0.05) is 24.8 Å². The molecule has 2 heterocycles. The van der Waals surface area contributed by atoms with Crippen LogP contribution in [0.2, 0.25) is 0 Å². The van der Waals surface area contributed by atoms with Crippen LogP contribution in [0, 0.1) is 11.7 Å². The topological polar surface area (TPSA) is 67.2 Å². The Balaban J connectivity index is 1.44. The maximum atomic E-state index is 13.2. The Hall–Kier alpha value is -3.32. The number of hydrogen-bond acceptors (Lipinski definition) is 4. The van der Waals surface area contributed by atoms with E-state index in [9.17, 15) is 14.0 Å². The van der Waals surface area contributed by atoms with Crippen molar-refractivity contribution in [3.8, 4) is 5.69 Å². The number of amides is 1. The molecule has 1 amide bonds. The number of piperidine rings is 1. The zero-order valence-electron chi connectivity index (χ0n) is 17.4. The van der Waals surface area contributed by atoms with E-state index in [1.54, 1.807) is 0 Å². The number of carbonyl (C=O) groups excluding carboxylic acids is 1. The van der Waals surface area contributed by atoms with Crippen molar-refractivity contribution in [2.75, 3.05) is 18.4 Å². The second kappa shape index (κ2) is 9.22. The third-order valence-corrected chi connectivity index (χ3v) is 5.46. The van der Waals surface area contributed by atoms with Crippen molar-refractivity contribution in [3.63, 3.8) is 0 Å². The van der Waals surface area contributed by atoms with Gasteiger partial charge in [-0.2, -0.15) is 9.78 Å². The minimum atomic E-state index is -0.423. The summed E-state index contributed by atoms with van der Waals surface area (Å²) in [4.78, 5) is 27.2. The fourth-order valence-electron chi connectivity index (χ4n) is 3.88. The maximum Gasteiger partial charge on any atom is 0.276 e. The van der Waals surface area contributed by atoms with Gasteiger partial charge in [-0.1, -0.05) is 19.1 Å². The molecule has 4 rings (SSSR count). The molecular formula is C24H25FN4O2. The number of aromatic nitrogens is 2. The zero-order valence-corrected chi connectivity index (χ0v) is 17.4. The molecule has 160 valence electrons. The van der Waals surface area contributed by atoms with Crippen LogP contribution in [0.25, 0.3) is 5.69 Å². The minimum absolute atomic E-state index is 0.0929. The SMILES string of the molecule is CC1CCCN(Cc2ccc(NC(=O)c3ccc(=O)n(-c4ccc(F)cc4)n3)cc2)C1. The van der Waals surface area contributed by atoms with Gasteiger partial charge in [-0.3, -0.25) is 14.5 Å². The van der Waals surface area contributed by atoms with Crippen LogP contribution < -0.4 is 10.9 Å². The summed E-state index contributed by atoms with van der Waals surface area (Å²) in [5.41, 5.74) is 1.93. The van der Waals surface area contributed by atoms with Crippen LogP contribution in [-0.2, 0) is 6.54 Å². The van der Waals surface area contributed by atoms with E-state index in [0.29, 0.717) is 11.4 Å². The number of hydrogen-bond donors (Lipinski definition) is 1. The molecule has 1 unspecified atom stereocenters. The highest BCUT2D eigenvalue weighted by Crippen LogP contribution is 2.19. The number of nitrogens with zero attached hydrogens (tertiary/aromatic N) is 3. The monoisotopic (exact) mass is 420 g/mol. The molecule has 0 spiro atoms. The number of nitrogens with one attached hydrogen (secondary N) is 1. The molecular weight excluding hydrogens is 395 g/mol. The van der Waals surface area contributed by atoms with Crippen LogP contribution in [0.3, 0.4) is 0 Å². The molecule has 1 fully saturated rings. The van der Waals surface area contributed by atoms with Gasteiger partial charge in [-0.25, -0.2) is 4.39 Å². The Labute approximate surface area is 180 Å². The van der Waals surface area contributed by atoms with Gasteiger partial charge >= 0.3 is 0 Å². The fraction of sp³-hybridized carbons (Fsp3) is 0.292. The summed E-state index contributed by atoms with van der Waals surface area (Å²) in [6, 6.07) is 15.8. The number of likely N-dealkylation sites (tertiary alicyclic amines) is 1. The van der Waals surface area contributed by atoms with Crippen LogP contribution in [0.1, 0.15) is 35.8 Å². The van der Waals surface area contributed by atoms with Gasteiger partial charge < -0.3 is 5.32 Å². The number of halogens is 1. The molecule has 3 aromatic rings. The van der Waals surface area contributed by atoms with Gasteiger partial charge in [0.2, 0.25) is 0 Å². The van der Waals surface area contributed by atoms with E-state index in [1.165, 1.54) is 54.8 Å². The first-order valence-corrected chi connectivity index (χ1v) is 10.5. The Morgan fingerprint density at radius 2 is 1.84 bits per heavy atom. The van der Waals surface area contributed by atoms with E-state index in [0.717, 1.165) is 30.2 Å². The van der Waals surface area contributed by atoms with E-state index in [2.05, 4.69) is 22.2 Å². The first-order chi connectivity index (χ1) is 15.0. The molecule has 0 saturated carbocycles. The molecule has 2 aromatic carbocycles. The lowest BCUT2D eigenvalue weighted by atomic mass is 10.00. The second-order valence-electron chi connectivity index (χ2n) is 8.08. The van der Waals surface area contributed by atoms with Crippen molar-refractivity contribution in [1.29, 1.82) is 0 Å². The third-order valence-electron chi connectivity index (χ3n) is 5.46. The first-order valence-electron chi connectivity index (χ1n) is 10.5. The number of rotatable bonds is 5. The smallest absolute Gasteiger partial charge is 0.276 e. The van der Waals surface area contributed by atoms with Gasteiger partial charge in [0.05, 0.1) is 5.69 Å². The Morgan fingerprint density at radius 1 is 1.10 bits per heavy atom. The predicted molar refractivity (Wildman–Crippen MR) is 118 cm³/mol. The van der Waals surface area contributed by atoms with E-state index in [1.807, 2.05) is 24.3 Å². The molecule has 7 heteroatoms. The summed E-state index contributed by atoms with van der Waals surface area (Å²) in [6.45, 7) is 5.44. The second-order valence-corrected chi connectivity index (χ2v) is 8.08. The van der Waals surface area contributed by atoms with E-state index in [-0.39, 0.29) is 5.69 Å². The number of carbonyl (C=O) groups is 1. The van der Waals surface area contributed by atoms with Crippen LogP contribution in [0.5, 0.6) is 0 Å². The maximum absolute atomic E-state index is 13.2. The van der Waals surface area contributed by atoms with Gasteiger partial charge in [0.25, 0.3) is 11.5 Å². The van der Waals surface area contributed by atoms with Gasteiger partial charge in [0.15, 0.2) is 0 Å². The molecule has 0 bridgehead atoms. The number of benzene rings is 2. The van der Waals surface area contributed by atoms with Gasteiger partial charge in [-0.15, -0.1) is 0 Å². The van der Waals surface area contributed by atoms with Crippen molar-refractivity contribution < 1.29 is 9.18 Å². The summed E-state index contributed by atoms with van der Waals surface area (Å²) in [7, 11) is 0. The van der Waals surface area contributed by atoms with Crippen molar-refractivity contribution in [3.05, 3.63) is 88.1 Å². The van der Waals surface area contributed by atoms with Crippen molar-refractivity contribution in [2.45, 2.75) is 26.3 Å². The van der Waals surface area contributed by atoms with Crippen molar-refractivity contribution in [1.82, 2.24) is 14.7 Å². The van der Waals surface area contributed by atoms with Crippen LogP contribution in [-0.4, -0.2) is 33.7 Å². The molecule has 31 heavy (non-hydrogen) atoms. The Morgan fingerprint density at radius 3 is 2.55 bits per heavy atom. The molecule has 0 aliphatic carbocycles. The molecule has 0 radical (unpaired) electrons. The van der Waals surface area contributed by atoms with Crippen LogP contribution >= 0.6 is 0 Å². The molecule has 1 aliphatic heterocycles. The molecule has 1 atom stereocenters. The summed E-state index contributed by atoms with van der Waals surface area (Å²) in [5, 5.41) is 6.95. The number of anilines is 1. The molecule has 1 aliphatic rings. The molecule has 1 aromatic heterocycles. The fourth-order valence-corrected chi connectivity index (χ4v) is 3.88. The van der Waals surface area contributed by atoms with Crippen LogP contribution in [0.15, 0.2) is 65.5 Å². The van der Waals surface area contributed by atoms with E-state index in [4.69, 9.17) is 0 Å². The average molecular weight is 420 g/mol. The lowest BCUT2D eigenvalue weighted by Crippen LogP contribution is -2.33. The summed E-state index contributed by atoms with van der Waals surface area (Å²) in [6.07, 6.45) is 2.53. The predicted octanol–water partition coefficient (Wildman–Crippen LogP) is 3.86. The van der Waals surface area contributed by atoms with E-state index >= 15 is 0 Å². The molecule has 1 saturated heterocycles. The van der Waals surface area contributed by atoms with Gasteiger partial charge in [-0.05, 0) is 73.3 Å². The Kier molecular flexibility index (Phi) is 6.23. The lowest BCUT2D eigenvalue weighted by molar-refractivity contribution is 0.102. The molecule has 6 nitrogen and oxygen atoms in total. The third kappa shape index (κ3) is 5.24. The Bertz CT molecular complexity index is 1110. The molecule has 1 N–H and O–H groups in total. The highest BCUT2D eigenvalue weighted by atomic mass is 19.1. The van der Waals surface area contributed by atoms with Crippen molar-refractivity contribution in [2.24, 2.45) is 5.92 Å². The lowest BCUT2D eigenvalue weighted by Gasteiger charge is -2.30. The quantitative estimate of drug-likeness (QED) is 0.681. The zero-order chi connectivity index (χ0) is 21.8.